The smallest absolute Gasteiger partial charge is 0.404 e. The van der Waals surface area contributed by atoms with Crippen molar-refractivity contribution < 1.29 is 42.9 Å². The molecule has 0 unspecified atom stereocenters. The number of phosphoric acid groups is 1. The van der Waals surface area contributed by atoms with Crippen LogP contribution in [0.15, 0.2) is 36.4 Å². The topological polar surface area (TPSA) is 204 Å². The first-order chi connectivity index (χ1) is 22.3. The summed E-state index contributed by atoms with van der Waals surface area (Å²) < 4.78 is 19.0. The fourth-order valence-corrected chi connectivity index (χ4v) is 6.18. The highest BCUT2D eigenvalue weighted by Gasteiger charge is 2.33. The fraction of sp³-hybridized carbons (Fsp3) is 0.375. The SMILES string of the molecule is CCCCc1nc2c(N)nc3ccccc3c2n1Cc1cc(C)c(OP(=O)(O)O)c(CCC(=O)CCC(=O)ON2C(=O)CCC2=O)c1. The second-order valence-corrected chi connectivity index (χ2v) is 12.7. The molecule has 0 radical (unpaired) electrons. The lowest BCUT2D eigenvalue weighted by atomic mass is 9.99. The standard InChI is InChI=1S/C32H36N5O9P/c1-3-4-9-25-35-29-30(23-7-5-6-8-24(23)34-32(29)33)36(25)18-20-16-19(2)31(46-47(42,43)44)21(17-20)10-11-22(38)12-15-28(41)45-37-26(39)13-14-27(37)40/h5-8,16-17H,3-4,9-15,18H2,1-2H3,(H2,33,34)(H2,42,43,44). The van der Waals surface area contributed by atoms with Crippen molar-refractivity contribution in [1.29, 1.82) is 0 Å². The Labute approximate surface area is 270 Å². The molecular weight excluding hydrogens is 629 g/mol. The van der Waals surface area contributed by atoms with Crippen LogP contribution in [-0.4, -0.2) is 53.0 Å². The number of anilines is 1. The summed E-state index contributed by atoms with van der Waals surface area (Å²) in [6.45, 7) is 4.10. The maximum Gasteiger partial charge on any atom is 0.524 e. The van der Waals surface area contributed by atoms with Crippen LogP contribution in [0.1, 0.15) is 74.4 Å². The summed E-state index contributed by atoms with van der Waals surface area (Å²) in [6.07, 6.45) is 1.90. The summed E-state index contributed by atoms with van der Waals surface area (Å²) >= 11 is 0. The number of unbranched alkanes of at least 4 members (excludes halogenated alkanes) is 1. The van der Waals surface area contributed by atoms with Gasteiger partial charge < -0.3 is 19.7 Å². The molecule has 14 nitrogen and oxygen atoms in total. The van der Waals surface area contributed by atoms with E-state index in [4.69, 9.17) is 20.1 Å². The van der Waals surface area contributed by atoms with E-state index in [0.29, 0.717) is 40.5 Å². The lowest BCUT2D eigenvalue weighted by Crippen LogP contribution is -2.32. The molecule has 5 rings (SSSR count). The van der Waals surface area contributed by atoms with Crippen molar-refractivity contribution in [3.8, 4) is 5.75 Å². The molecule has 2 amide bonds. The number of hydroxylamine groups is 2. The number of nitrogen functional groups attached to an aromatic ring is 1. The summed E-state index contributed by atoms with van der Waals surface area (Å²) in [6, 6.07) is 11.2. The molecule has 2 aromatic carbocycles. The lowest BCUT2D eigenvalue weighted by molar-refractivity contribution is -0.197. The predicted molar refractivity (Wildman–Crippen MR) is 171 cm³/mol. The Morgan fingerprint density at radius 3 is 2.45 bits per heavy atom. The third-order valence-corrected chi connectivity index (χ3v) is 8.31. The Hall–Kier alpha value is -4.65. The molecule has 4 aromatic rings. The number of hydrogen-bond donors (Lipinski definition) is 3. The number of nitrogens with zero attached hydrogens (tertiary/aromatic N) is 4. The fourth-order valence-electron chi connectivity index (χ4n) is 5.68. The van der Waals surface area contributed by atoms with Crippen LogP contribution in [0.3, 0.4) is 0 Å². The number of fused-ring (bicyclic) bond motifs is 3. The van der Waals surface area contributed by atoms with E-state index in [1.165, 1.54) is 0 Å². The highest BCUT2D eigenvalue weighted by atomic mass is 31.2. The number of ketones is 1. The normalized spacial score (nSPS) is 13.6. The third-order valence-electron chi connectivity index (χ3n) is 7.89. The number of aromatic nitrogens is 3. The molecule has 15 heteroatoms. The van der Waals surface area contributed by atoms with E-state index in [1.807, 2.05) is 24.3 Å². The molecule has 0 spiro atoms. The first-order valence-corrected chi connectivity index (χ1v) is 16.9. The van der Waals surface area contributed by atoms with Crippen LogP contribution >= 0.6 is 7.82 Å². The van der Waals surface area contributed by atoms with Gasteiger partial charge in [0, 0.05) is 44.0 Å². The Morgan fingerprint density at radius 1 is 1.02 bits per heavy atom. The number of hydrogen-bond acceptors (Lipinski definition) is 10. The van der Waals surface area contributed by atoms with Gasteiger partial charge in [0.05, 0.1) is 17.5 Å². The average molecular weight is 666 g/mol. The number of para-hydroxylation sites is 1. The van der Waals surface area contributed by atoms with Crippen LogP contribution in [0.2, 0.25) is 0 Å². The summed E-state index contributed by atoms with van der Waals surface area (Å²) in [5.74, 6) is -1.34. The third kappa shape index (κ3) is 7.84. The van der Waals surface area contributed by atoms with Crippen molar-refractivity contribution in [2.75, 3.05) is 5.73 Å². The maximum absolute atomic E-state index is 12.8. The number of carbonyl (C=O) groups is 4. The number of imide groups is 1. The zero-order valence-electron chi connectivity index (χ0n) is 26.1. The van der Waals surface area contributed by atoms with Gasteiger partial charge in [-0.1, -0.05) is 43.7 Å². The lowest BCUT2D eigenvalue weighted by Gasteiger charge is -2.18. The Morgan fingerprint density at radius 2 is 1.74 bits per heavy atom. The molecule has 248 valence electrons. The van der Waals surface area contributed by atoms with Gasteiger partial charge in [-0.2, -0.15) is 0 Å². The molecule has 3 heterocycles. The van der Waals surface area contributed by atoms with Crippen molar-refractivity contribution in [3.63, 3.8) is 0 Å². The van der Waals surface area contributed by atoms with E-state index >= 15 is 0 Å². The van der Waals surface area contributed by atoms with Crippen LogP contribution < -0.4 is 10.3 Å². The number of benzene rings is 2. The Kier molecular flexibility index (Phi) is 10.0. The molecule has 1 fully saturated rings. The van der Waals surface area contributed by atoms with Gasteiger partial charge in [-0.15, -0.1) is 5.06 Å². The maximum atomic E-state index is 12.8. The second-order valence-electron chi connectivity index (χ2n) is 11.5. The summed E-state index contributed by atoms with van der Waals surface area (Å²) in [5.41, 5.74) is 10.1. The van der Waals surface area contributed by atoms with Crippen molar-refractivity contribution in [1.82, 2.24) is 19.6 Å². The average Bonchev–Trinajstić information content (AvgIpc) is 3.54. The van der Waals surface area contributed by atoms with E-state index in [2.05, 4.69) is 16.5 Å². The van der Waals surface area contributed by atoms with E-state index in [0.717, 1.165) is 40.6 Å². The van der Waals surface area contributed by atoms with Crippen LogP contribution in [0.5, 0.6) is 5.75 Å². The molecular formula is C32H36N5O9P. The molecule has 1 saturated heterocycles. The number of nitrogens with two attached hydrogens (primary N) is 1. The number of amides is 2. The van der Waals surface area contributed by atoms with Gasteiger partial charge in [-0.3, -0.25) is 24.2 Å². The number of Topliss-reactive ketones (excluding diaryl/α,β-unsaturated/α-hetero) is 1. The number of aryl methyl sites for hydroxylation is 3. The van der Waals surface area contributed by atoms with Crippen LogP contribution in [0, 0.1) is 6.92 Å². The molecule has 2 aromatic heterocycles. The zero-order chi connectivity index (χ0) is 33.9. The molecule has 0 saturated carbocycles. The number of rotatable bonds is 14. The van der Waals surface area contributed by atoms with Gasteiger partial charge >= 0.3 is 13.8 Å². The molecule has 0 bridgehead atoms. The number of pyridine rings is 1. The van der Waals surface area contributed by atoms with Crippen LogP contribution in [0.25, 0.3) is 21.9 Å². The number of phosphoric ester groups is 1. The highest BCUT2D eigenvalue weighted by molar-refractivity contribution is 7.46. The second kappa shape index (κ2) is 14.0. The summed E-state index contributed by atoms with van der Waals surface area (Å²) in [5, 5.41) is 1.31. The van der Waals surface area contributed by atoms with Gasteiger partial charge in [0.2, 0.25) is 0 Å². The first-order valence-electron chi connectivity index (χ1n) is 15.3. The van der Waals surface area contributed by atoms with Gasteiger partial charge in [-0.05, 0) is 42.5 Å². The Balaban J connectivity index is 1.41. The van der Waals surface area contributed by atoms with Crippen molar-refractivity contribution >= 4 is 59.1 Å². The largest absolute Gasteiger partial charge is 0.524 e. The molecule has 4 N–H and O–H groups in total. The highest BCUT2D eigenvalue weighted by Crippen LogP contribution is 2.42. The molecule has 0 aliphatic carbocycles. The molecule has 47 heavy (non-hydrogen) atoms. The van der Waals surface area contributed by atoms with E-state index < -0.39 is 25.6 Å². The minimum Gasteiger partial charge on any atom is -0.404 e. The molecule has 1 aliphatic rings. The van der Waals surface area contributed by atoms with E-state index in [1.54, 1.807) is 19.1 Å². The zero-order valence-corrected chi connectivity index (χ0v) is 27.0. The van der Waals surface area contributed by atoms with Crippen molar-refractivity contribution in [2.45, 2.75) is 78.2 Å². The number of carbonyl (C=O) groups excluding carboxylic acids is 4. The van der Waals surface area contributed by atoms with Gasteiger partial charge in [0.25, 0.3) is 11.8 Å². The minimum absolute atomic E-state index is 0.0269. The van der Waals surface area contributed by atoms with E-state index in [-0.39, 0.29) is 50.1 Å². The monoisotopic (exact) mass is 665 g/mol. The van der Waals surface area contributed by atoms with Crippen LogP contribution in [0.4, 0.5) is 5.82 Å². The minimum atomic E-state index is -4.94. The predicted octanol–water partition coefficient (Wildman–Crippen LogP) is 4.23. The van der Waals surface area contributed by atoms with Gasteiger partial charge in [0.1, 0.15) is 22.9 Å². The molecule has 0 atom stereocenters. The Bertz CT molecular complexity index is 1920. The van der Waals surface area contributed by atoms with Gasteiger partial charge in [0.15, 0.2) is 5.82 Å². The molecule has 1 aliphatic heterocycles. The summed E-state index contributed by atoms with van der Waals surface area (Å²) in [7, 11) is -4.94. The van der Waals surface area contributed by atoms with Gasteiger partial charge in [-0.25, -0.2) is 19.3 Å². The quantitative estimate of drug-likeness (QED) is 0.128. The summed E-state index contributed by atoms with van der Waals surface area (Å²) in [4.78, 5) is 81.8. The van der Waals surface area contributed by atoms with E-state index in [9.17, 15) is 33.5 Å². The van der Waals surface area contributed by atoms with Crippen molar-refractivity contribution in [2.24, 2.45) is 0 Å². The number of imidazole rings is 1. The van der Waals surface area contributed by atoms with Crippen molar-refractivity contribution in [3.05, 3.63) is 58.9 Å². The first kappa shape index (κ1) is 33.7. The van der Waals surface area contributed by atoms with Crippen LogP contribution in [-0.2, 0) is 48.0 Å².